The summed E-state index contributed by atoms with van der Waals surface area (Å²) < 4.78 is 0. The molecule has 1 aromatic carbocycles. The van der Waals surface area contributed by atoms with Gasteiger partial charge in [-0.3, -0.25) is 4.79 Å². The summed E-state index contributed by atoms with van der Waals surface area (Å²) in [5, 5.41) is 0. The zero-order valence-corrected chi connectivity index (χ0v) is 13.7. The second-order valence-electron chi connectivity index (χ2n) is 6.19. The summed E-state index contributed by atoms with van der Waals surface area (Å²) >= 11 is 0. The lowest BCUT2D eigenvalue weighted by Gasteiger charge is -2.19. The summed E-state index contributed by atoms with van der Waals surface area (Å²) in [5.41, 5.74) is 6.97. The van der Waals surface area contributed by atoms with Crippen LogP contribution in [0.25, 0.3) is 0 Å². The smallest absolute Gasteiger partial charge is 0.164 e. The normalized spacial score (nSPS) is 13.9. The predicted molar refractivity (Wildman–Crippen MR) is 90.5 cm³/mol. The SMILES string of the molecule is CCCCCCCCC(C)C(N)CC(=O)c1ccccc1. The van der Waals surface area contributed by atoms with Crippen LogP contribution in [0.15, 0.2) is 30.3 Å². The standard InChI is InChI=1S/C19H31NO/c1-3-4-5-6-7-9-12-16(2)18(20)15-19(21)17-13-10-8-11-14-17/h8,10-11,13-14,16,18H,3-7,9,12,15,20H2,1-2H3. The fourth-order valence-electron chi connectivity index (χ4n) is 2.62. The van der Waals surface area contributed by atoms with Crippen molar-refractivity contribution in [2.24, 2.45) is 11.7 Å². The van der Waals surface area contributed by atoms with Crippen LogP contribution >= 0.6 is 0 Å². The molecule has 0 amide bonds. The average Bonchev–Trinajstić information content (AvgIpc) is 2.51. The number of hydrogen-bond donors (Lipinski definition) is 1. The highest BCUT2D eigenvalue weighted by molar-refractivity contribution is 5.96. The molecule has 2 N–H and O–H groups in total. The van der Waals surface area contributed by atoms with E-state index in [9.17, 15) is 4.79 Å². The van der Waals surface area contributed by atoms with E-state index < -0.39 is 0 Å². The van der Waals surface area contributed by atoms with Crippen molar-refractivity contribution in [3.05, 3.63) is 35.9 Å². The zero-order chi connectivity index (χ0) is 15.5. The monoisotopic (exact) mass is 289 g/mol. The third-order valence-electron chi connectivity index (χ3n) is 4.26. The third-order valence-corrected chi connectivity index (χ3v) is 4.26. The van der Waals surface area contributed by atoms with Crippen LogP contribution in [0.5, 0.6) is 0 Å². The molecule has 0 aromatic heterocycles. The minimum atomic E-state index is -0.0200. The second kappa shape index (κ2) is 10.6. The number of unbranched alkanes of at least 4 members (excludes halogenated alkanes) is 5. The van der Waals surface area contributed by atoms with Crippen molar-refractivity contribution >= 4 is 5.78 Å². The fourth-order valence-corrected chi connectivity index (χ4v) is 2.62. The Morgan fingerprint density at radius 3 is 2.33 bits per heavy atom. The molecule has 1 aromatic rings. The number of carbonyl (C=O) groups excluding carboxylic acids is 1. The van der Waals surface area contributed by atoms with Crippen LogP contribution in [0.2, 0.25) is 0 Å². The fraction of sp³-hybridized carbons (Fsp3) is 0.632. The number of ketones is 1. The maximum atomic E-state index is 12.1. The van der Waals surface area contributed by atoms with Crippen LogP contribution in [0.1, 0.15) is 75.6 Å². The van der Waals surface area contributed by atoms with E-state index >= 15 is 0 Å². The van der Waals surface area contributed by atoms with Gasteiger partial charge in [0.2, 0.25) is 0 Å². The molecule has 0 aliphatic rings. The lowest BCUT2D eigenvalue weighted by molar-refractivity contribution is 0.0965. The van der Waals surface area contributed by atoms with Crippen LogP contribution in [0.3, 0.4) is 0 Å². The zero-order valence-electron chi connectivity index (χ0n) is 13.7. The van der Waals surface area contributed by atoms with Crippen molar-refractivity contribution in [3.63, 3.8) is 0 Å². The Balaban J connectivity index is 2.21. The highest BCUT2D eigenvalue weighted by Crippen LogP contribution is 2.17. The lowest BCUT2D eigenvalue weighted by Crippen LogP contribution is -2.31. The van der Waals surface area contributed by atoms with E-state index in [1.807, 2.05) is 30.3 Å². The molecular formula is C19H31NO. The molecule has 0 radical (unpaired) electrons. The van der Waals surface area contributed by atoms with Crippen molar-refractivity contribution in [1.29, 1.82) is 0 Å². The summed E-state index contributed by atoms with van der Waals surface area (Å²) in [6.07, 6.45) is 9.45. The maximum absolute atomic E-state index is 12.1. The molecule has 0 fully saturated rings. The predicted octanol–water partition coefficient (Wildman–Crippen LogP) is 4.97. The first-order chi connectivity index (χ1) is 10.1. The van der Waals surface area contributed by atoms with Crippen molar-refractivity contribution in [2.75, 3.05) is 0 Å². The Morgan fingerprint density at radius 1 is 1.05 bits per heavy atom. The summed E-state index contributed by atoms with van der Waals surface area (Å²) in [4.78, 5) is 12.1. The quantitative estimate of drug-likeness (QED) is 0.461. The van der Waals surface area contributed by atoms with Crippen LogP contribution in [-0.4, -0.2) is 11.8 Å². The van der Waals surface area contributed by atoms with E-state index in [4.69, 9.17) is 5.73 Å². The van der Waals surface area contributed by atoms with Gasteiger partial charge in [0.05, 0.1) is 0 Å². The largest absolute Gasteiger partial charge is 0.327 e. The van der Waals surface area contributed by atoms with Crippen LogP contribution in [0.4, 0.5) is 0 Å². The summed E-state index contributed by atoms with van der Waals surface area (Å²) in [6, 6.07) is 9.45. The van der Waals surface area contributed by atoms with Crippen molar-refractivity contribution in [2.45, 2.75) is 71.3 Å². The molecule has 1 rings (SSSR count). The van der Waals surface area contributed by atoms with Crippen LogP contribution in [-0.2, 0) is 0 Å². The molecule has 0 aliphatic heterocycles. The van der Waals surface area contributed by atoms with E-state index in [0.29, 0.717) is 12.3 Å². The van der Waals surface area contributed by atoms with Gasteiger partial charge in [0.1, 0.15) is 0 Å². The van der Waals surface area contributed by atoms with Crippen molar-refractivity contribution < 1.29 is 4.79 Å². The van der Waals surface area contributed by atoms with Gasteiger partial charge in [-0.25, -0.2) is 0 Å². The van der Waals surface area contributed by atoms with E-state index in [1.54, 1.807) is 0 Å². The highest BCUT2D eigenvalue weighted by Gasteiger charge is 2.17. The van der Waals surface area contributed by atoms with Gasteiger partial charge < -0.3 is 5.73 Å². The number of rotatable bonds is 11. The highest BCUT2D eigenvalue weighted by atomic mass is 16.1. The first-order valence-corrected chi connectivity index (χ1v) is 8.49. The summed E-state index contributed by atoms with van der Waals surface area (Å²) in [5.74, 6) is 0.585. The number of Topliss-reactive ketones (excluding diaryl/α,β-unsaturated/α-hetero) is 1. The summed E-state index contributed by atoms with van der Waals surface area (Å²) in [7, 11) is 0. The molecule has 2 heteroatoms. The Morgan fingerprint density at radius 2 is 1.67 bits per heavy atom. The molecule has 2 nitrogen and oxygen atoms in total. The first-order valence-electron chi connectivity index (χ1n) is 8.49. The Kier molecular flexibility index (Phi) is 9.00. The molecule has 0 heterocycles. The number of benzene rings is 1. The Labute approximate surface area is 130 Å². The second-order valence-corrected chi connectivity index (χ2v) is 6.19. The van der Waals surface area contributed by atoms with Crippen molar-refractivity contribution in [1.82, 2.24) is 0 Å². The third kappa shape index (κ3) is 7.42. The minimum absolute atomic E-state index is 0.0200. The lowest BCUT2D eigenvalue weighted by atomic mass is 9.91. The van der Waals surface area contributed by atoms with E-state index in [0.717, 1.165) is 12.0 Å². The summed E-state index contributed by atoms with van der Waals surface area (Å²) in [6.45, 7) is 4.42. The van der Waals surface area contributed by atoms with E-state index in [2.05, 4.69) is 13.8 Å². The molecule has 0 bridgehead atoms. The first kappa shape index (κ1) is 17.9. The van der Waals surface area contributed by atoms with Crippen LogP contribution in [0, 0.1) is 5.92 Å². The topological polar surface area (TPSA) is 43.1 Å². The van der Waals surface area contributed by atoms with Gasteiger partial charge in [-0.15, -0.1) is 0 Å². The molecule has 21 heavy (non-hydrogen) atoms. The van der Waals surface area contributed by atoms with Gasteiger partial charge in [0.25, 0.3) is 0 Å². The molecule has 2 atom stereocenters. The Hall–Kier alpha value is -1.15. The maximum Gasteiger partial charge on any atom is 0.164 e. The number of carbonyl (C=O) groups is 1. The molecule has 0 saturated carbocycles. The van der Waals surface area contributed by atoms with Crippen LogP contribution < -0.4 is 5.73 Å². The minimum Gasteiger partial charge on any atom is -0.327 e. The molecule has 118 valence electrons. The number of nitrogens with two attached hydrogens (primary N) is 1. The average molecular weight is 289 g/mol. The van der Waals surface area contributed by atoms with Gasteiger partial charge in [0.15, 0.2) is 5.78 Å². The molecule has 0 spiro atoms. The van der Waals surface area contributed by atoms with E-state index in [1.165, 1.54) is 38.5 Å². The van der Waals surface area contributed by atoms with Gasteiger partial charge >= 0.3 is 0 Å². The number of hydrogen-bond acceptors (Lipinski definition) is 2. The van der Waals surface area contributed by atoms with E-state index in [-0.39, 0.29) is 11.8 Å². The molecule has 0 aliphatic carbocycles. The Bertz CT molecular complexity index is 388. The van der Waals surface area contributed by atoms with Gasteiger partial charge in [0, 0.05) is 18.0 Å². The van der Waals surface area contributed by atoms with Gasteiger partial charge in [-0.05, 0) is 12.3 Å². The van der Waals surface area contributed by atoms with Gasteiger partial charge in [-0.1, -0.05) is 82.7 Å². The van der Waals surface area contributed by atoms with Gasteiger partial charge in [-0.2, -0.15) is 0 Å². The molecule has 0 saturated heterocycles. The molecular weight excluding hydrogens is 258 g/mol. The molecule has 2 unspecified atom stereocenters. The van der Waals surface area contributed by atoms with Crippen molar-refractivity contribution in [3.8, 4) is 0 Å².